The quantitative estimate of drug-likeness (QED) is 0.900. The van der Waals surface area contributed by atoms with Gasteiger partial charge in [-0.05, 0) is 49.4 Å². The van der Waals surface area contributed by atoms with Gasteiger partial charge < -0.3 is 15.3 Å². The van der Waals surface area contributed by atoms with Crippen LogP contribution in [0, 0.1) is 18.7 Å². The number of carboxylic acid groups (broad SMARTS) is 1. The molecule has 21 heavy (non-hydrogen) atoms. The van der Waals surface area contributed by atoms with Gasteiger partial charge in [0, 0.05) is 25.2 Å². The summed E-state index contributed by atoms with van der Waals surface area (Å²) in [6.07, 6.45) is 1.55. The molecular formula is C15H19FN2O3. The molecule has 0 aromatic heterocycles. The van der Waals surface area contributed by atoms with Crippen molar-refractivity contribution in [2.24, 2.45) is 5.92 Å². The van der Waals surface area contributed by atoms with Gasteiger partial charge in [0.15, 0.2) is 0 Å². The number of piperidine rings is 1. The number of aryl methyl sites for hydroxylation is 1. The zero-order chi connectivity index (χ0) is 15.4. The lowest BCUT2D eigenvalue weighted by Crippen LogP contribution is -2.41. The molecule has 0 bridgehead atoms. The van der Waals surface area contributed by atoms with Gasteiger partial charge in [-0.3, -0.25) is 4.79 Å². The zero-order valence-corrected chi connectivity index (χ0v) is 11.9. The molecule has 2 N–H and O–H groups in total. The number of carboxylic acids is 1. The van der Waals surface area contributed by atoms with Gasteiger partial charge in [-0.1, -0.05) is 0 Å². The van der Waals surface area contributed by atoms with Gasteiger partial charge in [0.1, 0.15) is 5.82 Å². The second kappa shape index (κ2) is 6.56. The van der Waals surface area contributed by atoms with E-state index >= 15 is 0 Å². The number of nitrogens with zero attached hydrogens (tertiary/aromatic N) is 1. The molecule has 0 unspecified atom stereocenters. The van der Waals surface area contributed by atoms with Crippen LogP contribution >= 0.6 is 0 Å². The first-order valence-corrected chi connectivity index (χ1v) is 6.99. The Hall–Kier alpha value is -2.11. The highest BCUT2D eigenvalue weighted by Crippen LogP contribution is 2.22. The lowest BCUT2D eigenvalue weighted by molar-refractivity contribution is -0.138. The van der Waals surface area contributed by atoms with Crippen molar-refractivity contribution < 1.29 is 19.1 Å². The average molecular weight is 294 g/mol. The number of amides is 2. The Morgan fingerprint density at radius 3 is 2.62 bits per heavy atom. The van der Waals surface area contributed by atoms with Crippen molar-refractivity contribution in [3.8, 4) is 0 Å². The first kappa shape index (κ1) is 15.3. The van der Waals surface area contributed by atoms with E-state index in [2.05, 4.69) is 5.32 Å². The van der Waals surface area contributed by atoms with Gasteiger partial charge in [0.2, 0.25) is 0 Å². The van der Waals surface area contributed by atoms with Gasteiger partial charge >= 0.3 is 12.0 Å². The van der Waals surface area contributed by atoms with Crippen molar-refractivity contribution in [2.45, 2.75) is 26.2 Å². The summed E-state index contributed by atoms with van der Waals surface area (Å²) in [5.74, 6) is -0.987. The Kier molecular flexibility index (Phi) is 4.77. The van der Waals surface area contributed by atoms with Crippen molar-refractivity contribution in [1.29, 1.82) is 0 Å². The predicted octanol–water partition coefficient (Wildman–Crippen LogP) is 2.85. The van der Waals surface area contributed by atoms with Crippen LogP contribution in [-0.2, 0) is 4.79 Å². The predicted molar refractivity (Wildman–Crippen MR) is 76.7 cm³/mol. The van der Waals surface area contributed by atoms with E-state index in [0.29, 0.717) is 37.2 Å². The summed E-state index contributed by atoms with van der Waals surface area (Å²) in [7, 11) is 0. The second-order valence-corrected chi connectivity index (χ2v) is 5.42. The summed E-state index contributed by atoms with van der Waals surface area (Å²) < 4.78 is 13.0. The molecule has 1 heterocycles. The van der Waals surface area contributed by atoms with Gasteiger partial charge in [0.25, 0.3) is 0 Å². The van der Waals surface area contributed by atoms with Crippen molar-refractivity contribution in [3.63, 3.8) is 0 Å². The Bertz CT molecular complexity index is 540. The van der Waals surface area contributed by atoms with Gasteiger partial charge in [-0.15, -0.1) is 0 Å². The maximum atomic E-state index is 13.0. The van der Waals surface area contributed by atoms with E-state index in [0.717, 1.165) is 0 Å². The van der Waals surface area contributed by atoms with Crippen LogP contribution in [0.1, 0.15) is 24.8 Å². The molecule has 2 amide bonds. The molecule has 2 rings (SSSR count). The van der Waals surface area contributed by atoms with Crippen molar-refractivity contribution >= 4 is 17.7 Å². The SMILES string of the molecule is Cc1cc(F)ccc1NC(=O)N1CCC(CC(=O)O)CC1. The van der Waals surface area contributed by atoms with E-state index in [1.54, 1.807) is 17.9 Å². The topological polar surface area (TPSA) is 69.6 Å². The number of halogens is 1. The molecule has 0 saturated carbocycles. The van der Waals surface area contributed by atoms with E-state index in [-0.39, 0.29) is 24.2 Å². The van der Waals surface area contributed by atoms with Crippen LogP contribution in [0.2, 0.25) is 0 Å². The number of nitrogens with one attached hydrogen (secondary N) is 1. The summed E-state index contributed by atoms with van der Waals surface area (Å²) in [6, 6.07) is 3.99. The number of carbonyl (C=O) groups is 2. The van der Waals surface area contributed by atoms with E-state index in [4.69, 9.17) is 5.11 Å². The van der Waals surface area contributed by atoms with Crippen LogP contribution < -0.4 is 5.32 Å². The van der Waals surface area contributed by atoms with E-state index in [1.807, 2.05) is 0 Å². The number of urea groups is 1. The van der Waals surface area contributed by atoms with Crippen LogP contribution in [0.25, 0.3) is 0 Å². The molecule has 1 aliphatic heterocycles. The lowest BCUT2D eigenvalue weighted by atomic mass is 9.94. The van der Waals surface area contributed by atoms with Crippen molar-refractivity contribution in [2.75, 3.05) is 18.4 Å². The lowest BCUT2D eigenvalue weighted by Gasteiger charge is -2.31. The molecule has 1 aromatic carbocycles. The Labute approximate surface area is 122 Å². The molecular weight excluding hydrogens is 275 g/mol. The third kappa shape index (κ3) is 4.18. The molecule has 0 atom stereocenters. The fourth-order valence-electron chi connectivity index (χ4n) is 2.55. The highest BCUT2D eigenvalue weighted by Gasteiger charge is 2.24. The molecule has 0 radical (unpaired) electrons. The summed E-state index contributed by atoms with van der Waals surface area (Å²) in [5, 5.41) is 11.5. The van der Waals surface area contributed by atoms with Gasteiger partial charge in [-0.25, -0.2) is 9.18 Å². The number of aliphatic carboxylic acids is 1. The maximum absolute atomic E-state index is 13.0. The van der Waals surface area contributed by atoms with Crippen molar-refractivity contribution in [3.05, 3.63) is 29.6 Å². The number of hydrogen-bond acceptors (Lipinski definition) is 2. The summed E-state index contributed by atoms with van der Waals surface area (Å²) >= 11 is 0. The highest BCUT2D eigenvalue weighted by molar-refractivity contribution is 5.90. The van der Waals surface area contributed by atoms with Gasteiger partial charge in [-0.2, -0.15) is 0 Å². The molecule has 1 aliphatic rings. The molecule has 6 heteroatoms. The number of anilines is 1. The zero-order valence-electron chi connectivity index (χ0n) is 11.9. The number of rotatable bonds is 3. The molecule has 1 aromatic rings. The maximum Gasteiger partial charge on any atom is 0.321 e. The number of hydrogen-bond donors (Lipinski definition) is 2. The fourth-order valence-corrected chi connectivity index (χ4v) is 2.55. The molecule has 1 saturated heterocycles. The molecule has 1 fully saturated rings. The summed E-state index contributed by atoms with van der Waals surface area (Å²) in [5.41, 5.74) is 1.26. The van der Waals surface area contributed by atoms with E-state index in [9.17, 15) is 14.0 Å². The van der Waals surface area contributed by atoms with Crippen molar-refractivity contribution in [1.82, 2.24) is 4.90 Å². The molecule has 0 aliphatic carbocycles. The number of benzene rings is 1. The monoisotopic (exact) mass is 294 g/mol. The summed E-state index contributed by atoms with van der Waals surface area (Å²) in [6.45, 7) is 2.83. The Morgan fingerprint density at radius 1 is 1.38 bits per heavy atom. The number of carbonyl (C=O) groups excluding carboxylic acids is 1. The minimum Gasteiger partial charge on any atom is -0.481 e. The van der Waals surface area contributed by atoms with Crippen LogP contribution in [0.15, 0.2) is 18.2 Å². The fraction of sp³-hybridized carbons (Fsp3) is 0.467. The largest absolute Gasteiger partial charge is 0.481 e. The minimum absolute atomic E-state index is 0.138. The third-order valence-electron chi connectivity index (χ3n) is 3.80. The van der Waals surface area contributed by atoms with Crippen LogP contribution in [-0.4, -0.2) is 35.1 Å². The van der Waals surface area contributed by atoms with Crippen LogP contribution in [0.5, 0.6) is 0 Å². The third-order valence-corrected chi connectivity index (χ3v) is 3.80. The Morgan fingerprint density at radius 2 is 2.05 bits per heavy atom. The molecule has 5 nitrogen and oxygen atoms in total. The smallest absolute Gasteiger partial charge is 0.321 e. The summed E-state index contributed by atoms with van der Waals surface area (Å²) in [4.78, 5) is 24.5. The number of likely N-dealkylation sites (tertiary alicyclic amines) is 1. The van der Waals surface area contributed by atoms with Crippen LogP contribution in [0.4, 0.5) is 14.9 Å². The Balaban J connectivity index is 1.89. The second-order valence-electron chi connectivity index (χ2n) is 5.42. The minimum atomic E-state index is -0.792. The molecule has 0 spiro atoms. The van der Waals surface area contributed by atoms with Gasteiger partial charge in [0.05, 0.1) is 0 Å². The highest BCUT2D eigenvalue weighted by atomic mass is 19.1. The van der Waals surface area contributed by atoms with E-state index < -0.39 is 5.97 Å². The average Bonchev–Trinajstić information content (AvgIpc) is 2.42. The first-order valence-electron chi connectivity index (χ1n) is 6.99. The van der Waals surface area contributed by atoms with Crippen LogP contribution in [0.3, 0.4) is 0 Å². The normalized spacial score (nSPS) is 15.8. The molecule has 114 valence electrons. The standard InChI is InChI=1S/C15H19FN2O3/c1-10-8-12(16)2-3-13(10)17-15(21)18-6-4-11(5-7-18)9-14(19)20/h2-3,8,11H,4-7,9H2,1H3,(H,17,21)(H,19,20). The van der Waals surface area contributed by atoms with E-state index in [1.165, 1.54) is 12.1 Å². The first-order chi connectivity index (χ1) is 9.95.